The quantitative estimate of drug-likeness (QED) is 0.597. The lowest BCUT2D eigenvalue weighted by Gasteiger charge is -2.43. The Bertz CT molecular complexity index is 539. The van der Waals surface area contributed by atoms with Crippen molar-refractivity contribution in [2.24, 2.45) is 17.3 Å². The Morgan fingerprint density at radius 3 is 2.70 bits per heavy atom. The summed E-state index contributed by atoms with van der Waals surface area (Å²) in [4.78, 5) is 0. The molecule has 2 nitrogen and oxygen atoms in total. The lowest BCUT2D eigenvalue weighted by molar-refractivity contribution is -0.228. The molecule has 23 heavy (non-hydrogen) atoms. The second kappa shape index (κ2) is 6.14. The molecule has 5 atom stereocenters. The molecule has 0 bridgehead atoms. The molecule has 2 rings (SSSR count). The van der Waals surface area contributed by atoms with Crippen LogP contribution >= 0.6 is 0 Å². The van der Waals surface area contributed by atoms with Gasteiger partial charge in [-0.2, -0.15) is 13.2 Å². The van der Waals surface area contributed by atoms with Gasteiger partial charge in [0.05, 0.1) is 6.10 Å². The van der Waals surface area contributed by atoms with E-state index in [1.807, 2.05) is 12.8 Å². The van der Waals surface area contributed by atoms with E-state index < -0.39 is 11.8 Å². The molecular weight excluding hydrogens is 305 g/mol. The Morgan fingerprint density at radius 1 is 1.43 bits per heavy atom. The van der Waals surface area contributed by atoms with Gasteiger partial charge in [-0.05, 0) is 49.9 Å². The van der Waals surface area contributed by atoms with Crippen LogP contribution in [-0.2, 0) is 0 Å². The molecule has 5 heteroatoms. The number of aliphatic hydroxyl groups is 2. The van der Waals surface area contributed by atoms with Crippen LogP contribution in [0, 0.1) is 29.1 Å². The third-order valence-electron chi connectivity index (χ3n) is 5.55. The SMILES string of the molecule is CC(CC#CC(C)(O)C(F)(F)F)C1=CCC2C(O)CCCC12C. The first-order chi connectivity index (χ1) is 10.5. The molecule has 0 aromatic carbocycles. The molecule has 0 spiro atoms. The second-order valence-corrected chi connectivity index (χ2v) is 7.36. The van der Waals surface area contributed by atoms with E-state index in [1.165, 1.54) is 5.57 Å². The number of halogens is 3. The van der Waals surface area contributed by atoms with E-state index in [9.17, 15) is 23.4 Å². The average molecular weight is 330 g/mol. The lowest BCUT2D eigenvalue weighted by atomic mass is 9.63. The molecule has 0 aliphatic heterocycles. The Kier molecular flexibility index (Phi) is 4.90. The van der Waals surface area contributed by atoms with Gasteiger partial charge in [-0.15, -0.1) is 0 Å². The van der Waals surface area contributed by atoms with Crippen molar-refractivity contribution in [3.05, 3.63) is 11.6 Å². The molecule has 130 valence electrons. The molecule has 0 saturated heterocycles. The summed E-state index contributed by atoms with van der Waals surface area (Å²) in [6, 6.07) is 0. The van der Waals surface area contributed by atoms with E-state index in [2.05, 4.69) is 18.9 Å². The minimum Gasteiger partial charge on any atom is -0.393 e. The van der Waals surface area contributed by atoms with E-state index in [1.54, 1.807) is 0 Å². The van der Waals surface area contributed by atoms with Gasteiger partial charge in [-0.25, -0.2) is 0 Å². The maximum Gasteiger partial charge on any atom is 0.428 e. The highest BCUT2D eigenvalue weighted by molar-refractivity contribution is 5.28. The summed E-state index contributed by atoms with van der Waals surface area (Å²) in [6.45, 7) is 4.78. The molecule has 2 aliphatic carbocycles. The van der Waals surface area contributed by atoms with Crippen LogP contribution < -0.4 is 0 Å². The maximum absolute atomic E-state index is 12.6. The van der Waals surface area contributed by atoms with Crippen molar-refractivity contribution in [3.63, 3.8) is 0 Å². The van der Waals surface area contributed by atoms with Crippen LogP contribution in [0.4, 0.5) is 13.2 Å². The van der Waals surface area contributed by atoms with Crippen molar-refractivity contribution in [3.8, 4) is 11.8 Å². The maximum atomic E-state index is 12.6. The molecule has 1 fully saturated rings. The summed E-state index contributed by atoms with van der Waals surface area (Å²) in [5, 5.41) is 19.6. The van der Waals surface area contributed by atoms with Crippen LogP contribution in [0.3, 0.4) is 0 Å². The molecule has 2 N–H and O–H groups in total. The third-order valence-corrected chi connectivity index (χ3v) is 5.55. The Balaban J connectivity index is 2.07. The topological polar surface area (TPSA) is 40.5 Å². The largest absolute Gasteiger partial charge is 0.428 e. The summed E-state index contributed by atoms with van der Waals surface area (Å²) >= 11 is 0. The molecule has 0 radical (unpaired) electrons. The van der Waals surface area contributed by atoms with E-state index in [4.69, 9.17) is 0 Å². The van der Waals surface area contributed by atoms with E-state index >= 15 is 0 Å². The number of allylic oxidation sites excluding steroid dienone is 2. The van der Waals surface area contributed by atoms with Gasteiger partial charge in [0.1, 0.15) is 0 Å². The van der Waals surface area contributed by atoms with Crippen LogP contribution in [0.25, 0.3) is 0 Å². The van der Waals surface area contributed by atoms with Crippen molar-refractivity contribution in [2.45, 2.75) is 70.8 Å². The first kappa shape index (κ1) is 18.4. The van der Waals surface area contributed by atoms with E-state index in [0.29, 0.717) is 6.92 Å². The highest BCUT2D eigenvalue weighted by Crippen LogP contribution is 2.54. The molecule has 1 saturated carbocycles. The minimum absolute atomic E-state index is 0.0202. The molecule has 2 aliphatic rings. The van der Waals surface area contributed by atoms with Crippen LogP contribution in [0.1, 0.15) is 52.9 Å². The average Bonchev–Trinajstić information content (AvgIpc) is 2.75. The zero-order chi connectivity index (χ0) is 17.5. The minimum atomic E-state index is -4.75. The number of aliphatic hydroxyl groups excluding tert-OH is 1. The zero-order valence-corrected chi connectivity index (χ0v) is 13.9. The van der Waals surface area contributed by atoms with Crippen molar-refractivity contribution in [2.75, 3.05) is 0 Å². The number of hydrogen-bond donors (Lipinski definition) is 2. The molecule has 5 unspecified atom stereocenters. The Labute approximate surface area is 135 Å². The molecular formula is C18H25F3O2. The Morgan fingerprint density at radius 2 is 2.09 bits per heavy atom. The van der Waals surface area contributed by atoms with Crippen molar-refractivity contribution in [1.29, 1.82) is 0 Å². The fourth-order valence-electron chi connectivity index (χ4n) is 4.07. The fraction of sp³-hybridized carbons (Fsp3) is 0.778. The van der Waals surface area contributed by atoms with Crippen LogP contribution in [0.2, 0.25) is 0 Å². The highest BCUT2D eigenvalue weighted by Gasteiger charge is 2.49. The summed E-state index contributed by atoms with van der Waals surface area (Å²) in [5.41, 5.74) is -1.85. The summed E-state index contributed by atoms with van der Waals surface area (Å²) in [7, 11) is 0. The van der Waals surface area contributed by atoms with Gasteiger partial charge >= 0.3 is 6.18 Å². The van der Waals surface area contributed by atoms with Crippen molar-refractivity contribution >= 4 is 0 Å². The van der Waals surface area contributed by atoms with E-state index in [-0.39, 0.29) is 29.8 Å². The van der Waals surface area contributed by atoms with Crippen LogP contribution in [-0.4, -0.2) is 28.1 Å². The first-order valence-corrected chi connectivity index (χ1v) is 8.17. The monoisotopic (exact) mass is 330 g/mol. The molecule has 0 heterocycles. The van der Waals surface area contributed by atoms with Crippen molar-refractivity contribution in [1.82, 2.24) is 0 Å². The van der Waals surface area contributed by atoms with Crippen molar-refractivity contribution < 1.29 is 23.4 Å². The standard InChI is InChI=1S/C18H25F3O2/c1-12(6-4-11-17(3,23)18(19,20)21)13-8-9-14-15(22)7-5-10-16(13,14)2/h8,12,14-15,22-23H,5-7,9-10H2,1-3H3. The fourth-order valence-corrected chi connectivity index (χ4v) is 4.07. The molecule has 0 aromatic heterocycles. The van der Waals surface area contributed by atoms with Gasteiger partial charge in [0.2, 0.25) is 5.60 Å². The predicted octanol–water partition coefficient (Wildman–Crippen LogP) is 3.83. The number of fused-ring (bicyclic) bond motifs is 1. The summed E-state index contributed by atoms with van der Waals surface area (Å²) in [6.07, 6.45) is 0.969. The second-order valence-electron chi connectivity index (χ2n) is 7.36. The normalized spacial score (nSPS) is 34.7. The third kappa shape index (κ3) is 3.44. The predicted molar refractivity (Wildman–Crippen MR) is 82.4 cm³/mol. The molecule has 0 amide bonds. The summed E-state index contributed by atoms with van der Waals surface area (Å²) in [5.74, 6) is 4.69. The van der Waals surface area contributed by atoms with Gasteiger partial charge in [0.15, 0.2) is 0 Å². The van der Waals surface area contributed by atoms with Gasteiger partial charge in [0, 0.05) is 6.42 Å². The first-order valence-electron chi connectivity index (χ1n) is 8.17. The molecule has 0 aromatic rings. The summed E-state index contributed by atoms with van der Waals surface area (Å²) < 4.78 is 37.8. The highest BCUT2D eigenvalue weighted by atomic mass is 19.4. The number of rotatable bonds is 2. The zero-order valence-electron chi connectivity index (χ0n) is 13.9. The number of alkyl halides is 3. The smallest absolute Gasteiger partial charge is 0.393 e. The Hall–Kier alpha value is -0.990. The number of hydrogen-bond acceptors (Lipinski definition) is 2. The van der Waals surface area contributed by atoms with Gasteiger partial charge in [0.25, 0.3) is 0 Å². The van der Waals surface area contributed by atoms with Crippen LogP contribution in [0.15, 0.2) is 11.6 Å². The van der Waals surface area contributed by atoms with E-state index in [0.717, 1.165) is 25.7 Å². The van der Waals surface area contributed by atoms with Gasteiger partial charge in [-0.1, -0.05) is 37.3 Å². The van der Waals surface area contributed by atoms with Gasteiger partial charge in [-0.3, -0.25) is 0 Å². The van der Waals surface area contributed by atoms with Gasteiger partial charge < -0.3 is 10.2 Å². The van der Waals surface area contributed by atoms with Crippen LogP contribution in [0.5, 0.6) is 0 Å². The lowest BCUT2D eigenvalue weighted by Crippen LogP contribution is -2.40.